The smallest absolute Gasteiger partial charge is 0.338 e. The van der Waals surface area contributed by atoms with Crippen LogP contribution in [0.4, 0.5) is 0 Å². The maximum absolute atomic E-state index is 14.2. The van der Waals surface area contributed by atoms with Gasteiger partial charge in [-0.3, -0.25) is 14.3 Å². The molecule has 4 heterocycles. The van der Waals surface area contributed by atoms with E-state index in [1.807, 2.05) is 51.2 Å². The van der Waals surface area contributed by atoms with Crippen molar-refractivity contribution in [2.24, 2.45) is 4.99 Å². The number of methoxy groups -OCH3 is 1. The van der Waals surface area contributed by atoms with E-state index in [4.69, 9.17) is 26.1 Å². The average Bonchev–Trinajstić information content (AvgIpc) is 3.42. The molecule has 41 heavy (non-hydrogen) atoms. The fourth-order valence-corrected chi connectivity index (χ4v) is 6.48. The second-order valence-corrected chi connectivity index (χ2v) is 11.1. The number of hydrogen-bond donors (Lipinski definition) is 0. The standard InChI is InChI=1S/C31H31ClN4O4S/c1-6-9-24-27(30(38)40-7-2)28(23-16-21(32)11-12-25(23)39-5)36-29(37)26(41-31(36)34-24)15-20-14-18(3)35(19(20)4)22-10-8-13-33-17-22/h8,10-17,28H,6-7,9H2,1-5H3/b26-15+/t28-/m1/s1. The molecule has 3 aromatic heterocycles. The molecular formula is C31H31ClN4O4S. The van der Waals surface area contributed by atoms with Crippen molar-refractivity contribution >= 4 is 35.0 Å². The molecule has 0 aliphatic carbocycles. The molecule has 1 aromatic carbocycles. The number of carbonyl (C=O) groups is 1. The lowest BCUT2D eigenvalue weighted by molar-refractivity contribution is -0.139. The number of pyridine rings is 1. The first-order valence-electron chi connectivity index (χ1n) is 13.4. The van der Waals surface area contributed by atoms with E-state index in [0.29, 0.717) is 43.4 Å². The van der Waals surface area contributed by atoms with Gasteiger partial charge in [0.1, 0.15) is 11.8 Å². The summed E-state index contributed by atoms with van der Waals surface area (Å²) in [4.78, 5) is 37.2. The predicted molar refractivity (Wildman–Crippen MR) is 161 cm³/mol. The Morgan fingerprint density at radius 3 is 2.68 bits per heavy atom. The number of benzene rings is 1. The summed E-state index contributed by atoms with van der Waals surface area (Å²) in [5, 5.41) is 0.461. The van der Waals surface area contributed by atoms with Gasteiger partial charge in [-0.2, -0.15) is 0 Å². The molecule has 212 valence electrons. The van der Waals surface area contributed by atoms with Crippen molar-refractivity contribution in [3.63, 3.8) is 0 Å². The lowest BCUT2D eigenvalue weighted by Gasteiger charge is -2.27. The molecule has 1 aliphatic heterocycles. The van der Waals surface area contributed by atoms with E-state index in [1.54, 1.807) is 43.0 Å². The van der Waals surface area contributed by atoms with E-state index in [0.717, 1.165) is 29.1 Å². The van der Waals surface area contributed by atoms with Crippen LogP contribution in [0.25, 0.3) is 11.8 Å². The van der Waals surface area contributed by atoms with Gasteiger partial charge in [0, 0.05) is 28.2 Å². The molecule has 10 heteroatoms. The maximum Gasteiger partial charge on any atom is 0.338 e. The van der Waals surface area contributed by atoms with Crippen LogP contribution in [0.1, 0.15) is 55.2 Å². The summed E-state index contributed by atoms with van der Waals surface area (Å²) in [6, 6.07) is 10.3. The zero-order chi connectivity index (χ0) is 29.3. The number of fused-ring (bicyclic) bond motifs is 1. The second kappa shape index (κ2) is 11.9. The molecule has 5 rings (SSSR count). The fraction of sp³-hybridized carbons (Fsp3) is 0.290. The molecule has 0 saturated carbocycles. The van der Waals surface area contributed by atoms with Crippen molar-refractivity contribution in [3.05, 3.63) is 107 Å². The second-order valence-electron chi connectivity index (χ2n) is 9.67. The highest BCUT2D eigenvalue weighted by atomic mass is 35.5. The van der Waals surface area contributed by atoms with Gasteiger partial charge in [0.15, 0.2) is 4.80 Å². The zero-order valence-corrected chi connectivity index (χ0v) is 25.2. The van der Waals surface area contributed by atoms with Crippen molar-refractivity contribution < 1.29 is 14.3 Å². The number of allylic oxidation sites excluding steroid dienone is 1. The maximum atomic E-state index is 14.2. The minimum absolute atomic E-state index is 0.193. The van der Waals surface area contributed by atoms with Gasteiger partial charge >= 0.3 is 5.97 Å². The monoisotopic (exact) mass is 590 g/mol. The highest BCUT2D eigenvalue weighted by Crippen LogP contribution is 2.38. The third-order valence-electron chi connectivity index (χ3n) is 7.04. The summed E-state index contributed by atoms with van der Waals surface area (Å²) >= 11 is 7.73. The molecule has 4 aromatic rings. The lowest BCUT2D eigenvalue weighted by atomic mass is 9.93. The first kappa shape index (κ1) is 28.6. The van der Waals surface area contributed by atoms with Crippen molar-refractivity contribution in [2.75, 3.05) is 13.7 Å². The first-order valence-corrected chi connectivity index (χ1v) is 14.6. The summed E-state index contributed by atoms with van der Waals surface area (Å²) < 4.78 is 15.3. The van der Waals surface area contributed by atoms with E-state index >= 15 is 0 Å². The summed E-state index contributed by atoms with van der Waals surface area (Å²) in [7, 11) is 1.55. The molecule has 8 nitrogen and oxygen atoms in total. The number of aryl methyl sites for hydroxylation is 1. The molecular weight excluding hydrogens is 560 g/mol. The van der Waals surface area contributed by atoms with Gasteiger partial charge in [0.05, 0.1) is 41.4 Å². The van der Waals surface area contributed by atoms with Crippen LogP contribution in [-0.4, -0.2) is 33.8 Å². The Balaban J connectivity index is 1.77. The fourth-order valence-electron chi connectivity index (χ4n) is 5.29. The normalized spacial score (nSPS) is 15.1. The van der Waals surface area contributed by atoms with E-state index in [2.05, 4.69) is 9.55 Å². The van der Waals surface area contributed by atoms with Crippen molar-refractivity contribution in [1.82, 2.24) is 14.1 Å². The first-order chi connectivity index (χ1) is 19.8. The number of rotatable bonds is 8. The Hall–Kier alpha value is -3.95. The van der Waals surface area contributed by atoms with Crippen LogP contribution in [0.5, 0.6) is 5.75 Å². The Morgan fingerprint density at radius 1 is 1.20 bits per heavy atom. The van der Waals surface area contributed by atoms with Crippen LogP contribution in [-0.2, 0) is 9.53 Å². The quantitative estimate of drug-likeness (QED) is 0.268. The van der Waals surface area contributed by atoms with Crippen LogP contribution in [0.2, 0.25) is 5.02 Å². The SMILES string of the molecule is CCCC1=C(C(=O)OCC)[C@@H](c2cc(Cl)ccc2OC)n2c(s/c(=C/c3cc(C)n(-c4cccnc4)c3C)c2=O)=N1. The topological polar surface area (TPSA) is 87.7 Å². The van der Waals surface area contributed by atoms with E-state index < -0.39 is 12.0 Å². The van der Waals surface area contributed by atoms with Gasteiger partial charge in [-0.1, -0.05) is 36.3 Å². The van der Waals surface area contributed by atoms with Crippen molar-refractivity contribution in [1.29, 1.82) is 0 Å². The van der Waals surface area contributed by atoms with Crippen LogP contribution in [0, 0.1) is 13.8 Å². The van der Waals surface area contributed by atoms with E-state index in [-0.39, 0.29) is 12.2 Å². The third-order valence-corrected chi connectivity index (χ3v) is 8.26. The van der Waals surface area contributed by atoms with Gasteiger partial charge in [0.25, 0.3) is 5.56 Å². The molecule has 0 spiro atoms. The van der Waals surface area contributed by atoms with Crippen LogP contribution in [0.15, 0.2) is 69.8 Å². The van der Waals surface area contributed by atoms with Gasteiger partial charge in [-0.15, -0.1) is 0 Å². The molecule has 1 aliphatic rings. The lowest BCUT2D eigenvalue weighted by Crippen LogP contribution is -2.40. The summed E-state index contributed by atoms with van der Waals surface area (Å²) in [5.74, 6) is -0.00503. The Morgan fingerprint density at radius 2 is 2.00 bits per heavy atom. The molecule has 0 amide bonds. The highest BCUT2D eigenvalue weighted by Gasteiger charge is 2.36. The third kappa shape index (κ3) is 5.27. The summed E-state index contributed by atoms with van der Waals surface area (Å²) in [6.45, 7) is 8.00. The van der Waals surface area contributed by atoms with Gasteiger partial charge in [-0.25, -0.2) is 9.79 Å². The van der Waals surface area contributed by atoms with Gasteiger partial charge < -0.3 is 14.0 Å². The molecule has 0 radical (unpaired) electrons. The molecule has 0 unspecified atom stereocenters. The Kier molecular flexibility index (Phi) is 8.28. The molecule has 0 saturated heterocycles. The largest absolute Gasteiger partial charge is 0.496 e. The number of aromatic nitrogens is 3. The number of halogens is 1. The predicted octanol–water partition coefficient (Wildman–Crippen LogP) is 5.04. The van der Waals surface area contributed by atoms with E-state index in [9.17, 15) is 9.59 Å². The Bertz CT molecular complexity index is 1840. The van der Waals surface area contributed by atoms with Gasteiger partial charge in [0.2, 0.25) is 0 Å². The Labute approximate surface area is 246 Å². The van der Waals surface area contributed by atoms with Crippen LogP contribution < -0.4 is 19.6 Å². The number of nitrogens with zero attached hydrogens (tertiary/aromatic N) is 4. The van der Waals surface area contributed by atoms with Crippen molar-refractivity contribution in [2.45, 2.75) is 46.6 Å². The number of ether oxygens (including phenoxy) is 2. The molecule has 0 fully saturated rings. The summed E-state index contributed by atoms with van der Waals surface area (Å²) in [5.41, 5.74) is 5.10. The number of thiazole rings is 1. The number of hydrogen-bond acceptors (Lipinski definition) is 7. The van der Waals surface area contributed by atoms with Gasteiger partial charge in [-0.05, 0) is 75.2 Å². The summed E-state index contributed by atoms with van der Waals surface area (Å²) in [6.07, 6.45) is 6.74. The molecule has 1 atom stereocenters. The minimum atomic E-state index is -0.814. The zero-order valence-electron chi connectivity index (χ0n) is 23.6. The minimum Gasteiger partial charge on any atom is -0.496 e. The van der Waals surface area contributed by atoms with Crippen LogP contribution >= 0.6 is 22.9 Å². The van der Waals surface area contributed by atoms with E-state index in [1.165, 1.54) is 11.3 Å². The average molecular weight is 591 g/mol. The van der Waals surface area contributed by atoms with Crippen molar-refractivity contribution in [3.8, 4) is 11.4 Å². The molecule has 0 bridgehead atoms. The van der Waals surface area contributed by atoms with Crippen LogP contribution in [0.3, 0.4) is 0 Å². The highest BCUT2D eigenvalue weighted by molar-refractivity contribution is 7.07. The molecule has 0 N–H and O–H groups in total. The number of carbonyl (C=O) groups excluding carboxylic acids is 1. The number of esters is 1.